The van der Waals surface area contributed by atoms with Crippen molar-refractivity contribution in [1.82, 2.24) is 10.3 Å². The number of thiazole rings is 1. The highest BCUT2D eigenvalue weighted by atomic mass is 32.1. The molecule has 0 saturated heterocycles. The third kappa shape index (κ3) is 3.47. The van der Waals surface area contributed by atoms with Gasteiger partial charge in [-0.3, -0.25) is 0 Å². The molecule has 1 aromatic heterocycles. The summed E-state index contributed by atoms with van der Waals surface area (Å²) in [7, 11) is 4.08. The first-order valence-electron chi connectivity index (χ1n) is 5.38. The molecule has 4 heteroatoms. The molecule has 0 aliphatic carbocycles. The van der Waals surface area contributed by atoms with Crippen molar-refractivity contribution in [3.8, 4) is 0 Å². The van der Waals surface area contributed by atoms with Gasteiger partial charge in [0.15, 0.2) is 5.13 Å². The van der Waals surface area contributed by atoms with Gasteiger partial charge < -0.3 is 10.2 Å². The summed E-state index contributed by atoms with van der Waals surface area (Å²) < 4.78 is 0. The summed E-state index contributed by atoms with van der Waals surface area (Å²) in [6, 6.07) is 0.392. The lowest BCUT2D eigenvalue weighted by Crippen LogP contribution is -2.22. The van der Waals surface area contributed by atoms with Gasteiger partial charge in [0.2, 0.25) is 0 Å². The summed E-state index contributed by atoms with van der Waals surface area (Å²) in [4.78, 5) is 7.96. The number of nitrogens with one attached hydrogen (secondary N) is 1. The predicted octanol–water partition coefficient (Wildman–Crippen LogP) is 2.52. The Hall–Kier alpha value is -0.610. The third-order valence-corrected chi connectivity index (χ3v) is 3.63. The first kappa shape index (κ1) is 12.5. The van der Waals surface area contributed by atoms with Gasteiger partial charge in [-0.05, 0) is 19.9 Å². The Kier molecular flexibility index (Phi) is 4.54. The maximum Gasteiger partial charge on any atom is 0.185 e. The van der Waals surface area contributed by atoms with Crippen LogP contribution in [0.4, 0.5) is 5.13 Å². The third-order valence-electron chi connectivity index (χ3n) is 2.34. The minimum atomic E-state index is 0.392. The molecule has 86 valence electrons. The zero-order valence-electron chi connectivity index (χ0n) is 10.2. The number of aromatic nitrogens is 1. The largest absolute Gasteiger partial charge is 0.351 e. The van der Waals surface area contributed by atoms with Crippen molar-refractivity contribution in [3.05, 3.63) is 11.1 Å². The summed E-state index contributed by atoms with van der Waals surface area (Å²) in [5, 5.41) is 4.34. The molecule has 0 aromatic carbocycles. The molecule has 1 N–H and O–H groups in total. The Morgan fingerprint density at radius 1 is 1.47 bits per heavy atom. The van der Waals surface area contributed by atoms with E-state index in [1.807, 2.05) is 13.2 Å². The molecular formula is C11H21N3S. The molecule has 0 spiro atoms. The van der Waals surface area contributed by atoms with E-state index in [0.29, 0.717) is 12.0 Å². The molecule has 15 heavy (non-hydrogen) atoms. The summed E-state index contributed by atoms with van der Waals surface area (Å²) in [5.74, 6) is 0.670. The molecule has 1 aromatic rings. The lowest BCUT2D eigenvalue weighted by Gasteiger charge is -2.17. The average molecular weight is 227 g/mol. The molecule has 0 amide bonds. The summed E-state index contributed by atoms with van der Waals surface area (Å²) in [5.41, 5.74) is 0. The van der Waals surface area contributed by atoms with E-state index in [9.17, 15) is 0 Å². The second-order valence-corrected chi connectivity index (χ2v) is 5.37. The monoisotopic (exact) mass is 227 g/mol. The number of rotatable bonds is 5. The van der Waals surface area contributed by atoms with E-state index in [-0.39, 0.29) is 0 Å². The van der Waals surface area contributed by atoms with Crippen LogP contribution in [0.1, 0.15) is 31.7 Å². The van der Waals surface area contributed by atoms with Crippen LogP contribution in [0.15, 0.2) is 6.20 Å². The topological polar surface area (TPSA) is 28.2 Å². The summed E-state index contributed by atoms with van der Waals surface area (Å²) in [6.07, 6.45) is 1.97. The molecule has 0 bridgehead atoms. The van der Waals surface area contributed by atoms with Crippen LogP contribution in [0, 0.1) is 5.92 Å². The maximum atomic E-state index is 4.44. The molecule has 1 rings (SSSR count). The number of hydrogen-bond acceptors (Lipinski definition) is 4. The molecular weight excluding hydrogens is 206 g/mol. The summed E-state index contributed by atoms with van der Waals surface area (Å²) >= 11 is 1.77. The molecule has 0 aliphatic heterocycles. The Bertz CT molecular complexity index is 296. The highest BCUT2D eigenvalue weighted by Crippen LogP contribution is 2.26. The lowest BCUT2D eigenvalue weighted by molar-refractivity contribution is 0.637. The van der Waals surface area contributed by atoms with Gasteiger partial charge in [0.05, 0.1) is 0 Å². The average Bonchev–Trinajstić information content (AvgIpc) is 2.64. The number of anilines is 1. The second kappa shape index (κ2) is 5.47. The minimum Gasteiger partial charge on any atom is -0.351 e. The fourth-order valence-electron chi connectivity index (χ4n) is 1.42. The zero-order valence-corrected chi connectivity index (χ0v) is 11.1. The van der Waals surface area contributed by atoms with Crippen LogP contribution in [0.25, 0.3) is 0 Å². The minimum absolute atomic E-state index is 0.392. The summed E-state index contributed by atoms with van der Waals surface area (Å²) in [6.45, 7) is 7.66. The normalized spacial score (nSPS) is 13.2. The molecule has 0 saturated carbocycles. The van der Waals surface area contributed by atoms with Crippen LogP contribution in [0.5, 0.6) is 0 Å². The SMILES string of the molecule is CNC(C)c1cnc(N(C)CC(C)C)s1. The van der Waals surface area contributed by atoms with Crippen LogP contribution in [-0.2, 0) is 0 Å². The van der Waals surface area contributed by atoms with E-state index in [1.54, 1.807) is 11.3 Å². The van der Waals surface area contributed by atoms with Gasteiger partial charge in [-0.1, -0.05) is 13.8 Å². The van der Waals surface area contributed by atoms with Crippen LogP contribution in [0.3, 0.4) is 0 Å². The Morgan fingerprint density at radius 3 is 2.67 bits per heavy atom. The van der Waals surface area contributed by atoms with Crippen molar-refractivity contribution in [2.24, 2.45) is 5.92 Å². The Balaban J connectivity index is 2.66. The predicted molar refractivity (Wildman–Crippen MR) is 67.7 cm³/mol. The zero-order chi connectivity index (χ0) is 11.4. The van der Waals surface area contributed by atoms with Gasteiger partial charge in [0.1, 0.15) is 0 Å². The van der Waals surface area contributed by atoms with Gasteiger partial charge in [-0.25, -0.2) is 4.98 Å². The van der Waals surface area contributed by atoms with Crippen molar-refractivity contribution in [2.75, 3.05) is 25.5 Å². The van der Waals surface area contributed by atoms with Gasteiger partial charge in [-0.15, -0.1) is 11.3 Å². The molecule has 1 unspecified atom stereocenters. The highest BCUT2D eigenvalue weighted by Gasteiger charge is 2.11. The van der Waals surface area contributed by atoms with E-state index in [1.165, 1.54) is 4.88 Å². The molecule has 1 heterocycles. The highest BCUT2D eigenvalue weighted by molar-refractivity contribution is 7.15. The smallest absolute Gasteiger partial charge is 0.185 e. The number of nitrogens with zero attached hydrogens (tertiary/aromatic N) is 2. The van der Waals surface area contributed by atoms with Crippen molar-refractivity contribution >= 4 is 16.5 Å². The molecule has 0 aliphatic rings. The molecule has 1 atom stereocenters. The Morgan fingerprint density at radius 2 is 2.13 bits per heavy atom. The standard InChI is InChI=1S/C11H21N3S/c1-8(2)7-14(5)11-13-6-10(15-11)9(3)12-4/h6,8-9,12H,7H2,1-5H3. The molecule has 3 nitrogen and oxygen atoms in total. The van der Waals surface area contributed by atoms with E-state index in [0.717, 1.165) is 11.7 Å². The van der Waals surface area contributed by atoms with E-state index >= 15 is 0 Å². The van der Waals surface area contributed by atoms with Crippen molar-refractivity contribution in [1.29, 1.82) is 0 Å². The number of hydrogen-bond donors (Lipinski definition) is 1. The fraction of sp³-hybridized carbons (Fsp3) is 0.727. The van der Waals surface area contributed by atoms with Gasteiger partial charge in [0.25, 0.3) is 0 Å². The van der Waals surface area contributed by atoms with Crippen LogP contribution in [0.2, 0.25) is 0 Å². The Labute approximate surface area is 96.5 Å². The first-order chi connectivity index (χ1) is 7.04. The van der Waals surface area contributed by atoms with Crippen molar-refractivity contribution < 1.29 is 0 Å². The molecule has 0 radical (unpaired) electrons. The van der Waals surface area contributed by atoms with Gasteiger partial charge in [-0.2, -0.15) is 0 Å². The van der Waals surface area contributed by atoms with E-state index < -0.39 is 0 Å². The van der Waals surface area contributed by atoms with E-state index in [2.05, 4.69) is 43.0 Å². The van der Waals surface area contributed by atoms with Crippen LogP contribution in [-0.4, -0.2) is 25.6 Å². The molecule has 0 fully saturated rings. The van der Waals surface area contributed by atoms with Crippen LogP contribution < -0.4 is 10.2 Å². The van der Waals surface area contributed by atoms with Gasteiger partial charge in [0, 0.05) is 30.7 Å². The second-order valence-electron chi connectivity index (χ2n) is 4.33. The fourth-order valence-corrected chi connectivity index (χ4v) is 2.37. The maximum absolute atomic E-state index is 4.44. The quantitative estimate of drug-likeness (QED) is 0.838. The van der Waals surface area contributed by atoms with Gasteiger partial charge >= 0.3 is 0 Å². The van der Waals surface area contributed by atoms with Crippen molar-refractivity contribution in [3.63, 3.8) is 0 Å². The van der Waals surface area contributed by atoms with Crippen molar-refractivity contribution in [2.45, 2.75) is 26.8 Å². The van der Waals surface area contributed by atoms with E-state index in [4.69, 9.17) is 0 Å². The lowest BCUT2D eigenvalue weighted by atomic mass is 10.2. The first-order valence-corrected chi connectivity index (χ1v) is 6.20. The van der Waals surface area contributed by atoms with Crippen LogP contribution >= 0.6 is 11.3 Å².